The number of aromatic nitrogens is 5. The molecule has 0 radical (unpaired) electrons. The Kier molecular flexibility index (Phi) is 7.22. The lowest BCUT2D eigenvalue weighted by Gasteiger charge is -2.25. The molecule has 2 amide bonds. The Bertz CT molecular complexity index is 1700. The highest BCUT2D eigenvalue weighted by atomic mass is 16.5. The summed E-state index contributed by atoms with van der Waals surface area (Å²) in [5, 5.41) is 17.6. The normalized spacial score (nSPS) is 13.4. The van der Waals surface area contributed by atoms with Crippen LogP contribution < -0.4 is 15.4 Å². The third-order valence-electron chi connectivity index (χ3n) is 7.23. The van der Waals surface area contributed by atoms with Crippen LogP contribution in [0.25, 0.3) is 16.9 Å². The topological polar surface area (TPSA) is 113 Å². The van der Waals surface area contributed by atoms with E-state index in [2.05, 4.69) is 76.7 Å². The lowest BCUT2D eigenvalue weighted by Crippen LogP contribution is -2.26. The summed E-state index contributed by atoms with van der Waals surface area (Å²) in [5.74, 6) is 1.89. The van der Waals surface area contributed by atoms with Gasteiger partial charge in [0.2, 0.25) is 0 Å². The molecule has 0 aliphatic carbocycles. The Labute approximate surface area is 244 Å². The van der Waals surface area contributed by atoms with Gasteiger partial charge in [0.15, 0.2) is 0 Å². The highest BCUT2D eigenvalue weighted by Gasteiger charge is 2.22. The Morgan fingerprint density at radius 3 is 2.57 bits per heavy atom. The van der Waals surface area contributed by atoms with E-state index < -0.39 is 0 Å². The molecule has 3 N–H and O–H groups in total. The Morgan fingerprint density at radius 2 is 1.81 bits per heavy atom. The van der Waals surface area contributed by atoms with E-state index in [0.717, 1.165) is 42.1 Å². The van der Waals surface area contributed by atoms with E-state index in [4.69, 9.17) is 9.84 Å². The summed E-state index contributed by atoms with van der Waals surface area (Å²) in [6, 6.07) is 18.8. The highest BCUT2D eigenvalue weighted by Crippen LogP contribution is 2.29. The fourth-order valence-electron chi connectivity index (χ4n) is 4.89. The van der Waals surface area contributed by atoms with Crippen LogP contribution in [0.4, 0.5) is 16.3 Å². The zero-order valence-corrected chi connectivity index (χ0v) is 24.2. The van der Waals surface area contributed by atoms with Gasteiger partial charge in [-0.2, -0.15) is 10.2 Å². The number of urea groups is 1. The maximum absolute atomic E-state index is 13.1. The molecule has 0 bridgehead atoms. The van der Waals surface area contributed by atoms with Crippen molar-refractivity contribution in [1.82, 2.24) is 29.9 Å². The number of pyridine rings is 1. The number of likely N-dealkylation sites (N-methyl/N-ethyl adjacent to an activating group) is 1. The van der Waals surface area contributed by atoms with E-state index in [1.165, 1.54) is 11.1 Å². The van der Waals surface area contributed by atoms with Crippen LogP contribution in [-0.4, -0.2) is 49.5 Å². The molecule has 0 fully saturated rings. The average molecular weight is 563 g/mol. The first-order valence-electron chi connectivity index (χ1n) is 13.9. The van der Waals surface area contributed by atoms with Gasteiger partial charge in [0.05, 0.1) is 23.3 Å². The van der Waals surface area contributed by atoms with Gasteiger partial charge in [-0.05, 0) is 67.1 Å². The van der Waals surface area contributed by atoms with Crippen molar-refractivity contribution < 1.29 is 9.53 Å². The van der Waals surface area contributed by atoms with Gasteiger partial charge in [-0.15, -0.1) is 0 Å². The standard InChI is InChI=1S/C32H34N8O2/c1-32(2,3)29-17-30(40(38-29)25-8-5-21-12-14-39(4)20-22(21)15-25)37-31(41)36-24-6-9-26(10-7-24)42-27-11-13-33-28(16-27)23-18-34-35-19-23/h5-11,13,15-19H,12,14,20H2,1-4H3,(H,34,35)(H2,36,37,41). The molecule has 0 saturated carbocycles. The predicted molar refractivity (Wildman–Crippen MR) is 163 cm³/mol. The molecule has 0 unspecified atom stereocenters. The smallest absolute Gasteiger partial charge is 0.324 e. The number of H-pyrrole nitrogens is 1. The second-order valence-electron chi connectivity index (χ2n) is 11.6. The summed E-state index contributed by atoms with van der Waals surface area (Å²) in [7, 11) is 2.13. The van der Waals surface area contributed by atoms with Crippen LogP contribution in [0.1, 0.15) is 37.6 Å². The highest BCUT2D eigenvalue weighted by molar-refractivity contribution is 5.99. The monoisotopic (exact) mass is 562 g/mol. The van der Waals surface area contributed by atoms with Crippen molar-refractivity contribution in [2.24, 2.45) is 0 Å². The van der Waals surface area contributed by atoms with Crippen molar-refractivity contribution in [3.63, 3.8) is 0 Å². The molecule has 1 aliphatic heterocycles. The van der Waals surface area contributed by atoms with Gasteiger partial charge in [-0.3, -0.25) is 15.4 Å². The summed E-state index contributed by atoms with van der Waals surface area (Å²) in [4.78, 5) is 19.8. The minimum atomic E-state index is -0.359. The molecule has 0 saturated heterocycles. The number of hydrogen-bond donors (Lipinski definition) is 3. The number of amides is 2. The average Bonchev–Trinajstić information content (AvgIpc) is 3.65. The molecular weight excluding hydrogens is 528 g/mol. The third-order valence-corrected chi connectivity index (χ3v) is 7.23. The van der Waals surface area contributed by atoms with Crippen LogP contribution in [-0.2, 0) is 18.4 Å². The molecule has 6 rings (SSSR count). The zero-order chi connectivity index (χ0) is 29.3. The van der Waals surface area contributed by atoms with E-state index in [9.17, 15) is 4.79 Å². The molecule has 0 atom stereocenters. The minimum Gasteiger partial charge on any atom is -0.457 e. The largest absolute Gasteiger partial charge is 0.457 e. The van der Waals surface area contributed by atoms with Gasteiger partial charge < -0.3 is 15.0 Å². The zero-order valence-electron chi connectivity index (χ0n) is 24.2. The number of carbonyl (C=O) groups is 1. The number of aromatic amines is 1. The molecule has 2 aromatic carbocycles. The van der Waals surface area contributed by atoms with Crippen LogP contribution in [0.5, 0.6) is 11.5 Å². The first-order valence-corrected chi connectivity index (χ1v) is 13.9. The number of ether oxygens (including phenoxy) is 1. The van der Waals surface area contributed by atoms with Gasteiger partial charge >= 0.3 is 6.03 Å². The van der Waals surface area contributed by atoms with Crippen molar-refractivity contribution in [1.29, 1.82) is 0 Å². The lowest BCUT2D eigenvalue weighted by molar-refractivity contribution is 0.262. The first-order chi connectivity index (χ1) is 20.2. The minimum absolute atomic E-state index is 0.184. The van der Waals surface area contributed by atoms with Crippen LogP contribution in [0, 0.1) is 0 Å². The molecule has 10 nitrogen and oxygen atoms in total. The number of fused-ring (bicyclic) bond motifs is 1. The molecule has 10 heteroatoms. The van der Waals surface area contributed by atoms with E-state index in [1.807, 2.05) is 16.8 Å². The summed E-state index contributed by atoms with van der Waals surface area (Å²) < 4.78 is 7.82. The maximum Gasteiger partial charge on any atom is 0.324 e. The second-order valence-corrected chi connectivity index (χ2v) is 11.6. The van der Waals surface area contributed by atoms with E-state index in [0.29, 0.717) is 23.0 Å². The molecule has 42 heavy (non-hydrogen) atoms. The van der Waals surface area contributed by atoms with E-state index in [-0.39, 0.29) is 11.4 Å². The number of benzene rings is 2. The number of nitrogens with zero attached hydrogens (tertiary/aromatic N) is 5. The summed E-state index contributed by atoms with van der Waals surface area (Å²) >= 11 is 0. The molecule has 214 valence electrons. The number of hydrogen-bond acceptors (Lipinski definition) is 6. The van der Waals surface area contributed by atoms with Crippen molar-refractivity contribution in [2.45, 2.75) is 39.2 Å². The molecule has 3 aromatic heterocycles. The van der Waals surface area contributed by atoms with E-state index >= 15 is 0 Å². The number of rotatable bonds is 6. The SMILES string of the molecule is CN1CCc2ccc(-n3nc(C(C)(C)C)cc3NC(=O)Nc3ccc(Oc4ccnc(-c5cn[nH]c5)c4)cc3)cc2C1. The van der Waals surface area contributed by atoms with E-state index in [1.54, 1.807) is 48.9 Å². The Balaban J connectivity index is 1.16. The van der Waals surface area contributed by atoms with Crippen molar-refractivity contribution in [2.75, 3.05) is 24.2 Å². The quantitative estimate of drug-likeness (QED) is 0.221. The summed E-state index contributed by atoms with van der Waals surface area (Å²) in [6.07, 6.45) is 6.21. The van der Waals surface area contributed by atoms with Gasteiger partial charge in [0.25, 0.3) is 0 Å². The van der Waals surface area contributed by atoms with Crippen LogP contribution in [0.3, 0.4) is 0 Å². The number of nitrogens with one attached hydrogen (secondary N) is 3. The summed E-state index contributed by atoms with van der Waals surface area (Å²) in [5.41, 5.74) is 6.54. The molecule has 1 aliphatic rings. The fraction of sp³-hybridized carbons (Fsp3) is 0.250. The van der Waals surface area contributed by atoms with Gasteiger partial charge in [-0.25, -0.2) is 9.48 Å². The van der Waals surface area contributed by atoms with Gasteiger partial charge in [-0.1, -0.05) is 26.8 Å². The predicted octanol–water partition coefficient (Wildman–Crippen LogP) is 6.38. The Hall–Kier alpha value is -4.96. The molecule has 5 aromatic rings. The second kappa shape index (κ2) is 11.1. The molecule has 0 spiro atoms. The Morgan fingerprint density at radius 1 is 0.976 bits per heavy atom. The van der Waals surface area contributed by atoms with Gasteiger partial charge in [0, 0.05) is 54.3 Å². The van der Waals surface area contributed by atoms with Crippen LogP contribution in [0.15, 0.2) is 79.3 Å². The first kappa shape index (κ1) is 27.2. The molecular formula is C32H34N8O2. The lowest BCUT2D eigenvalue weighted by atomic mass is 9.92. The van der Waals surface area contributed by atoms with Crippen LogP contribution in [0.2, 0.25) is 0 Å². The summed E-state index contributed by atoms with van der Waals surface area (Å²) in [6.45, 7) is 8.28. The van der Waals surface area contributed by atoms with Crippen molar-refractivity contribution >= 4 is 17.5 Å². The molecule has 4 heterocycles. The number of anilines is 2. The van der Waals surface area contributed by atoms with Crippen molar-refractivity contribution in [3.8, 4) is 28.4 Å². The van der Waals surface area contributed by atoms with Gasteiger partial charge in [0.1, 0.15) is 17.3 Å². The third kappa shape index (κ3) is 6.03. The fourth-order valence-corrected chi connectivity index (χ4v) is 4.89. The van der Waals surface area contributed by atoms with Crippen molar-refractivity contribution in [3.05, 3.63) is 96.1 Å². The number of carbonyl (C=O) groups excluding carboxylic acids is 1. The van der Waals surface area contributed by atoms with Crippen LogP contribution >= 0.6 is 0 Å². The maximum atomic E-state index is 13.1.